The van der Waals surface area contributed by atoms with Crippen LogP contribution in [0.15, 0.2) is 48.5 Å². The molecular weight excluding hydrogens is 322 g/mol. The Hall–Kier alpha value is -1.69. The lowest BCUT2D eigenvalue weighted by atomic mass is 9.78. The van der Waals surface area contributed by atoms with Gasteiger partial charge in [0.2, 0.25) is 0 Å². The van der Waals surface area contributed by atoms with Crippen LogP contribution in [0.5, 0.6) is 0 Å². The average Bonchev–Trinajstić information content (AvgIpc) is 2.71. The molecule has 1 saturated heterocycles. The fourth-order valence-corrected chi connectivity index (χ4v) is 2.35. The van der Waals surface area contributed by atoms with Crippen LogP contribution in [0.3, 0.4) is 0 Å². The lowest BCUT2D eigenvalue weighted by molar-refractivity contribution is 0.00578. The molecule has 4 nitrogen and oxygen atoms in total. The molecule has 24 heavy (non-hydrogen) atoms. The Bertz CT molecular complexity index is 677. The third-order valence-corrected chi connectivity index (χ3v) is 4.59. The second-order valence-corrected chi connectivity index (χ2v) is 7.21. The molecule has 128 valence electrons. The fraction of sp³-hybridized carbons (Fsp3) is 0.333. The van der Waals surface area contributed by atoms with E-state index in [2.05, 4.69) is 0 Å². The number of nitrogen functional groups attached to an aromatic ring is 2. The maximum absolute atomic E-state index is 5.97. The molecule has 0 radical (unpaired) electrons. The zero-order valence-electron chi connectivity index (χ0n) is 14.5. The number of nitrogens with two attached hydrogens (primary N) is 2. The van der Waals surface area contributed by atoms with Gasteiger partial charge in [0.05, 0.1) is 11.2 Å². The number of rotatable bonds is 1. The van der Waals surface area contributed by atoms with Gasteiger partial charge >= 0.3 is 7.12 Å². The van der Waals surface area contributed by atoms with Crippen molar-refractivity contribution in [2.24, 2.45) is 0 Å². The van der Waals surface area contributed by atoms with E-state index >= 15 is 0 Å². The number of hydrogen-bond donors (Lipinski definition) is 2. The van der Waals surface area contributed by atoms with E-state index < -0.39 is 7.12 Å². The first kappa shape index (κ1) is 18.7. The van der Waals surface area contributed by atoms with Crippen LogP contribution in [0.25, 0.3) is 0 Å². The van der Waals surface area contributed by atoms with E-state index in [1.807, 2.05) is 58.0 Å². The Morgan fingerprint density at radius 1 is 0.875 bits per heavy atom. The van der Waals surface area contributed by atoms with Crippen molar-refractivity contribution >= 4 is 35.6 Å². The highest BCUT2D eigenvalue weighted by Gasteiger charge is 2.52. The number of anilines is 2. The molecule has 2 aromatic carbocycles. The molecule has 0 unspecified atom stereocenters. The maximum Gasteiger partial charge on any atom is 0.497 e. The predicted octanol–water partition coefficient (Wildman–Crippen LogP) is 3.49. The van der Waals surface area contributed by atoms with Crippen LogP contribution in [0.2, 0.25) is 5.02 Å². The van der Waals surface area contributed by atoms with E-state index in [9.17, 15) is 0 Å². The molecule has 1 aliphatic heterocycles. The van der Waals surface area contributed by atoms with Gasteiger partial charge in [0, 0.05) is 21.9 Å². The summed E-state index contributed by atoms with van der Waals surface area (Å²) in [5, 5.41) is 0.629. The van der Waals surface area contributed by atoms with Crippen LogP contribution >= 0.6 is 11.6 Å². The van der Waals surface area contributed by atoms with Gasteiger partial charge in [-0.2, -0.15) is 0 Å². The van der Waals surface area contributed by atoms with Gasteiger partial charge < -0.3 is 20.8 Å². The Kier molecular flexibility index (Phi) is 5.48. The maximum atomic E-state index is 5.97. The molecule has 2 aromatic rings. The summed E-state index contributed by atoms with van der Waals surface area (Å²) in [6.07, 6.45) is 0. The van der Waals surface area contributed by atoms with Crippen LogP contribution in [0.4, 0.5) is 11.4 Å². The highest BCUT2D eigenvalue weighted by Crippen LogP contribution is 2.37. The molecule has 6 heteroatoms. The van der Waals surface area contributed by atoms with E-state index in [4.69, 9.17) is 32.4 Å². The van der Waals surface area contributed by atoms with Gasteiger partial charge in [-0.25, -0.2) is 0 Å². The van der Waals surface area contributed by atoms with Crippen molar-refractivity contribution in [2.75, 3.05) is 11.5 Å². The quantitative estimate of drug-likeness (QED) is 0.612. The van der Waals surface area contributed by atoms with Gasteiger partial charge in [-0.1, -0.05) is 29.8 Å². The first-order valence-electron chi connectivity index (χ1n) is 7.83. The molecule has 0 amide bonds. The summed E-state index contributed by atoms with van der Waals surface area (Å²) >= 11 is 5.97. The molecule has 0 bridgehead atoms. The number of hydrogen-bond acceptors (Lipinski definition) is 4. The summed E-state index contributed by atoms with van der Waals surface area (Å²) in [6.45, 7) is 8.03. The molecular formula is C18H24BClN2O2. The summed E-state index contributed by atoms with van der Waals surface area (Å²) in [6, 6.07) is 14.8. The first-order chi connectivity index (χ1) is 11.1. The Morgan fingerprint density at radius 2 is 1.42 bits per heavy atom. The van der Waals surface area contributed by atoms with Gasteiger partial charge in [0.25, 0.3) is 0 Å². The summed E-state index contributed by atoms with van der Waals surface area (Å²) in [5.74, 6) is 0. The lowest BCUT2D eigenvalue weighted by Gasteiger charge is -2.32. The monoisotopic (exact) mass is 346 g/mol. The third kappa shape index (κ3) is 4.23. The highest BCUT2D eigenvalue weighted by atomic mass is 35.5. The smallest absolute Gasteiger partial charge is 0.399 e. The Balaban J connectivity index is 0.000000249. The van der Waals surface area contributed by atoms with E-state index in [1.54, 1.807) is 18.2 Å². The van der Waals surface area contributed by atoms with Crippen LogP contribution in [-0.4, -0.2) is 18.3 Å². The fourth-order valence-electron chi connectivity index (χ4n) is 2.17. The third-order valence-electron chi connectivity index (χ3n) is 4.36. The topological polar surface area (TPSA) is 70.5 Å². The zero-order chi connectivity index (χ0) is 18.0. The second kappa shape index (κ2) is 7.05. The molecule has 1 fully saturated rings. The van der Waals surface area contributed by atoms with E-state index in [0.717, 1.165) is 11.2 Å². The van der Waals surface area contributed by atoms with E-state index in [-0.39, 0.29) is 11.2 Å². The minimum atomic E-state index is -0.460. The van der Waals surface area contributed by atoms with Gasteiger partial charge in [-0.05, 0) is 58.0 Å². The van der Waals surface area contributed by atoms with Crippen LogP contribution in [-0.2, 0) is 9.31 Å². The van der Waals surface area contributed by atoms with Crippen molar-refractivity contribution in [1.29, 1.82) is 0 Å². The molecule has 0 saturated carbocycles. The standard InChI is InChI=1S/C12H17BClNO2.C6H7N/c1-11(2)12(3,4)17-13(16-11)9-7-8(14)5-6-10(9)15;7-6-4-2-1-3-5-6/h5-7H,15H2,1-4H3;1-5H,7H2. The molecule has 0 atom stereocenters. The van der Waals surface area contributed by atoms with Crippen LogP contribution in [0.1, 0.15) is 27.7 Å². The molecule has 0 spiro atoms. The second-order valence-electron chi connectivity index (χ2n) is 6.77. The van der Waals surface area contributed by atoms with Crippen molar-refractivity contribution in [3.63, 3.8) is 0 Å². The van der Waals surface area contributed by atoms with Gasteiger partial charge in [-0.3, -0.25) is 0 Å². The van der Waals surface area contributed by atoms with Crippen LogP contribution < -0.4 is 16.9 Å². The molecule has 1 aliphatic rings. The van der Waals surface area contributed by atoms with Crippen molar-refractivity contribution in [1.82, 2.24) is 0 Å². The summed E-state index contributed by atoms with van der Waals surface area (Å²) in [7, 11) is -0.460. The molecule has 1 heterocycles. The molecule has 4 N–H and O–H groups in total. The summed E-state index contributed by atoms with van der Waals surface area (Å²) in [4.78, 5) is 0. The minimum Gasteiger partial charge on any atom is -0.399 e. The first-order valence-corrected chi connectivity index (χ1v) is 8.21. The van der Waals surface area contributed by atoms with Crippen molar-refractivity contribution in [3.05, 3.63) is 53.6 Å². The summed E-state index contributed by atoms with van der Waals surface area (Å²) < 4.78 is 11.9. The van der Waals surface area contributed by atoms with E-state index in [0.29, 0.717) is 10.7 Å². The average molecular weight is 347 g/mol. The largest absolute Gasteiger partial charge is 0.497 e. The number of benzene rings is 2. The predicted molar refractivity (Wildman–Crippen MR) is 102 cm³/mol. The number of para-hydroxylation sites is 1. The normalized spacial score (nSPS) is 18.0. The minimum absolute atomic E-state index is 0.369. The number of halogens is 1. The van der Waals surface area contributed by atoms with Gasteiger partial charge in [0.15, 0.2) is 0 Å². The molecule has 3 rings (SSSR count). The zero-order valence-corrected chi connectivity index (χ0v) is 15.3. The van der Waals surface area contributed by atoms with Gasteiger partial charge in [-0.15, -0.1) is 0 Å². The van der Waals surface area contributed by atoms with Crippen molar-refractivity contribution < 1.29 is 9.31 Å². The van der Waals surface area contributed by atoms with Gasteiger partial charge in [0.1, 0.15) is 0 Å². The SMILES string of the molecule is CC1(C)OB(c2cc(Cl)ccc2N)OC1(C)C.Nc1ccccc1. The lowest BCUT2D eigenvalue weighted by Crippen LogP contribution is -2.41. The molecule has 0 aromatic heterocycles. The van der Waals surface area contributed by atoms with E-state index in [1.165, 1.54) is 0 Å². The van der Waals surface area contributed by atoms with Crippen molar-refractivity contribution in [2.45, 2.75) is 38.9 Å². The Morgan fingerprint density at radius 3 is 1.88 bits per heavy atom. The van der Waals surface area contributed by atoms with Crippen LogP contribution in [0, 0.1) is 0 Å². The van der Waals surface area contributed by atoms with Crippen molar-refractivity contribution in [3.8, 4) is 0 Å². The highest BCUT2D eigenvalue weighted by molar-refractivity contribution is 6.64. The summed E-state index contributed by atoms with van der Waals surface area (Å²) in [5.41, 5.74) is 12.8. The Labute approximate surface area is 149 Å². The molecule has 0 aliphatic carbocycles.